The van der Waals surface area contributed by atoms with E-state index >= 15 is 0 Å². The minimum absolute atomic E-state index is 0.0122. The van der Waals surface area contributed by atoms with Crippen LogP contribution in [0.2, 0.25) is 0 Å². The predicted octanol–water partition coefficient (Wildman–Crippen LogP) is 6.28. The van der Waals surface area contributed by atoms with Crippen molar-refractivity contribution in [1.82, 2.24) is 5.32 Å². The number of halogens is 4. The summed E-state index contributed by atoms with van der Waals surface area (Å²) in [5.74, 6) is -0.327. The van der Waals surface area contributed by atoms with E-state index in [1.165, 1.54) is 0 Å². The minimum Gasteiger partial charge on any atom is -0.362 e. The van der Waals surface area contributed by atoms with Gasteiger partial charge in [0, 0.05) is 15.7 Å². The number of carbonyl (C=O) groups is 1. The van der Waals surface area contributed by atoms with Crippen molar-refractivity contribution in [3.8, 4) is 0 Å². The normalized spacial score (nSPS) is 13.2. The summed E-state index contributed by atoms with van der Waals surface area (Å²) in [6.45, 7) is 6.34. The Hall–Kier alpha value is -0.940. The van der Waals surface area contributed by atoms with E-state index in [9.17, 15) is 4.79 Å². The van der Waals surface area contributed by atoms with Crippen LogP contribution >= 0.6 is 50.7 Å². The van der Waals surface area contributed by atoms with Gasteiger partial charge in [-0.3, -0.25) is 4.79 Å². The number of hydrogen-bond acceptors (Lipinski definition) is 2. The highest BCUT2D eigenvalue weighted by Gasteiger charge is 2.34. The predicted molar refractivity (Wildman–Crippen MR) is 114 cm³/mol. The molecule has 0 aliphatic rings. The highest BCUT2D eigenvalue weighted by molar-refractivity contribution is 9.10. The molecule has 0 fully saturated rings. The fraction of sp³-hybridized carbons (Fsp3) is 0.316. The van der Waals surface area contributed by atoms with Gasteiger partial charge in [0.05, 0.1) is 0 Å². The SMILES string of the molecule is CC(C)(C)c1ccc(C(=O)N[C@H](Nc2ccc(Br)cc2)C(Cl)(Cl)Cl)cc1. The highest BCUT2D eigenvalue weighted by atomic mass is 79.9. The summed E-state index contributed by atoms with van der Waals surface area (Å²) in [4.78, 5) is 12.6. The Labute approximate surface area is 177 Å². The Morgan fingerprint density at radius 3 is 1.96 bits per heavy atom. The zero-order valence-electron chi connectivity index (χ0n) is 14.6. The third-order valence-electron chi connectivity index (χ3n) is 3.77. The summed E-state index contributed by atoms with van der Waals surface area (Å²) in [7, 11) is 0. The molecule has 0 radical (unpaired) electrons. The fourth-order valence-electron chi connectivity index (χ4n) is 2.25. The second kappa shape index (κ2) is 8.39. The molecule has 0 unspecified atom stereocenters. The fourth-order valence-corrected chi connectivity index (χ4v) is 2.84. The number of amides is 1. The zero-order valence-corrected chi connectivity index (χ0v) is 18.5. The average molecular weight is 479 g/mol. The second-order valence-corrected chi connectivity index (χ2v) is 10.2. The molecule has 0 saturated heterocycles. The number of carbonyl (C=O) groups excluding carboxylic acids is 1. The summed E-state index contributed by atoms with van der Waals surface area (Å²) in [5, 5.41) is 5.77. The van der Waals surface area contributed by atoms with Crippen LogP contribution in [0.25, 0.3) is 0 Å². The Bertz CT molecular complexity index is 750. The molecule has 2 rings (SSSR count). The molecule has 7 heteroatoms. The van der Waals surface area contributed by atoms with Crippen molar-refractivity contribution in [2.24, 2.45) is 0 Å². The second-order valence-electron chi connectivity index (χ2n) is 6.93. The van der Waals surface area contributed by atoms with Crippen LogP contribution in [0.15, 0.2) is 53.0 Å². The van der Waals surface area contributed by atoms with Crippen molar-refractivity contribution < 1.29 is 4.79 Å². The largest absolute Gasteiger partial charge is 0.362 e. The number of alkyl halides is 3. The highest BCUT2D eigenvalue weighted by Crippen LogP contribution is 2.31. The maximum absolute atomic E-state index is 12.6. The quantitative estimate of drug-likeness (QED) is 0.401. The molecule has 0 saturated carbocycles. The maximum atomic E-state index is 12.6. The van der Waals surface area contributed by atoms with Gasteiger partial charge in [-0.1, -0.05) is 83.6 Å². The van der Waals surface area contributed by atoms with Crippen LogP contribution < -0.4 is 10.6 Å². The van der Waals surface area contributed by atoms with Gasteiger partial charge >= 0.3 is 0 Å². The van der Waals surface area contributed by atoms with Gasteiger partial charge in [0.25, 0.3) is 5.91 Å². The van der Waals surface area contributed by atoms with Crippen LogP contribution in [0.1, 0.15) is 36.7 Å². The zero-order chi connectivity index (χ0) is 19.5. The molecule has 0 aromatic heterocycles. The summed E-state index contributed by atoms with van der Waals surface area (Å²) >= 11 is 21.5. The van der Waals surface area contributed by atoms with E-state index in [1.54, 1.807) is 12.1 Å². The van der Waals surface area contributed by atoms with Crippen molar-refractivity contribution in [2.45, 2.75) is 36.1 Å². The van der Waals surface area contributed by atoms with Gasteiger partial charge in [0.15, 0.2) is 0 Å². The molecule has 2 aromatic carbocycles. The lowest BCUT2D eigenvalue weighted by molar-refractivity contribution is 0.0942. The first-order valence-electron chi connectivity index (χ1n) is 7.97. The van der Waals surface area contributed by atoms with Gasteiger partial charge in [0.1, 0.15) is 6.17 Å². The van der Waals surface area contributed by atoms with Crippen molar-refractivity contribution in [3.05, 3.63) is 64.1 Å². The third kappa shape index (κ3) is 6.05. The van der Waals surface area contributed by atoms with Gasteiger partial charge in [-0.15, -0.1) is 0 Å². The summed E-state index contributed by atoms with van der Waals surface area (Å²) < 4.78 is -0.801. The Balaban J connectivity index is 2.15. The molecule has 0 aliphatic heterocycles. The number of benzene rings is 2. The van der Waals surface area contributed by atoms with Crippen LogP contribution in [0, 0.1) is 0 Å². The molecule has 0 spiro atoms. The monoisotopic (exact) mass is 476 g/mol. The van der Waals surface area contributed by atoms with Crippen molar-refractivity contribution in [1.29, 1.82) is 0 Å². The smallest absolute Gasteiger partial charge is 0.252 e. The Kier molecular flexibility index (Phi) is 6.89. The molecule has 1 atom stereocenters. The Morgan fingerprint density at radius 1 is 0.962 bits per heavy atom. The summed E-state index contributed by atoms with van der Waals surface area (Å²) in [6, 6.07) is 14.7. The van der Waals surface area contributed by atoms with Crippen LogP contribution in [-0.2, 0) is 5.41 Å². The van der Waals surface area contributed by atoms with Crippen LogP contribution in [0.5, 0.6) is 0 Å². The molecule has 1 amide bonds. The van der Waals surface area contributed by atoms with Crippen molar-refractivity contribution in [3.63, 3.8) is 0 Å². The average Bonchev–Trinajstić information content (AvgIpc) is 2.54. The van der Waals surface area contributed by atoms with E-state index in [-0.39, 0.29) is 11.3 Å². The molecule has 0 bridgehead atoms. The molecule has 0 aliphatic carbocycles. The van der Waals surface area contributed by atoms with Crippen LogP contribution in [0.4, 0.5) is 5.69 Å². The number of rotatable bonds is 4. The van der Waals surface area contributed by atoms with E-state index in [4.69, 9.17) is 34.8 Å². The first-order chi connectivity index (χ1) is 12.0. The summed E-state index contributed by atoms with van der Waals surface area (Å²) in [5.41, 5.74) is 2.36. The van der Waals surface area contributed by atoms with E-state index in [1.807, 2.05) is 36.4 Å². The number of nitrogens with one attached hydrogen (secondary N) is 2. The Morgan fingerprint density at radius 2 is 1.50 bits per heavy atom. The number of hydrogen-bond donors (Lipinski definition) is 2. The molecule has 140 valence electrons. The van der Waals surface area contributed by atoms with Crippen LogP contribution in [-0.4, -0.2) is 15.9 Å². The van der Waals surface area contributed by atoms with Crippen molar-refractivity contribution >= 4 is 62.3 Å². The molecule has 2 aromatic rings. The summed E-state index contributed by atoms with van der Waals surface area (Å²) in [6.07, 6.45) is -0.900. The van der Waals surface area contributed by atoms with Crippen molar-refractivity contribution in [2.75, 3.05) is 5.32 Å². The molecule has 26 heavy (non-hydrogen) atoms. The molecule has 2 N–H and O–H groups in total. The first kappa shape index (κ1) is 21.4. The van der Waals surface area contributed by atoms with Gasteiger partial charge in [-0.25, -0.2) is 0 Å². The lowest BCUT2D eigenvalue weighted by Gasteiger charge is -2.27. The van der Waals surface area contributed by atoms with E-state index < -0.39 is 9.96 Å². The van der Waals surface area contributed by atoms with E-state index in [2.05, 4.69) is 47.3 Å². The number of anilines is 1. The topological polar surface area (TPSA) is 41.1 Å². The van der Waals surface area contributed by atoms with E-state index in [0.29, 0.717) is 11.3 Å². The molecular weight excluding hydrogens is 458 g/mol. The first-order valence-corrected chi connectivity index (χ1v) is 9.90. The van der Waals surface area contributed by atoms with Gasteiger partial charge in [0.2, 0.25) is 3.79 Å². The lowest BCUT2D eigenvalue weighted by Crippen LogP contribution is -2.49. The maximum Gasteiger partial charge on any atom is 0.252 e. The van der Waals surface area contributed by atoms with Crippen LogP contribution in [0.3, 0.4) is 0 Å². The molecule has 3 nitrogen and oxygen atoms in total. The standard InChI is InChI=1S/C19H20BrCl3N2O/c1-18(2,3)13-6-4-12(5-7-13)16(26)25-17(19(21,22)23)24-15-10-8-14(20)9-11-15/h4-11,17,24H,1-3H3,(H,25,26)/t17-/m0/s1. The molecule has 0 heterocycles. The van der Waals surface area contributed by atoms with E-state index in [0.717, 1.165) is 10.0 Å². The van der Waals surface area contributed by atoms with Gasteiger partial charge in [-0.2, -0.15) is 0 Å². The molecular formula is C19H20BrCl3N2O. The third-order valence-corrected chi connectivity index (χ3v) is 4.95. The minimum atomic E-state index is -1.73. The van der Waals surface area contributed by atoms with Gasteiger partial charge in [-0.05, 0) is 47.4 Å². The lowest BCUT2D eigenvalue weighted by atomic mass is 9.87. The van der Waals surface area contributed by atoms with Gasteiger partial charge < -0.3 is 10.6 Å².